The lowest BCUT2D eigenvalue weighted by Crippen LogP contribution is -2.20. The maximum Gasteiger partial charge on any atom is 0.255 e. The molecule has 1 aromatic heterocycles. The molecule has 2 N–H and O–H groups in total. The Bertz CT molecular complexity index is 575. The monoisotopic (exact) mass is 245 g/mol. The maximum absolute atomic E-state index is 10.7. The average molecular weight is 245 g/mol. The van der Waals surface area contributed by atoms with E-state index in [9.17, 15) is 4.79 Å². The molecule has 5 nitrogen and oxygen atoms in total. The lowest BCUT2D eigenvalue weighted by atomic mass is 10.1. The zero-order valence-electron chi connectivity index (χ0n) is 10.4. The number of nitrogens with zero attached hydrogens (tertiary/aromatic N) is 2. The van der Waals surface area contributed by atoms with E-state index in [1.165, 1.54) is 0 Å². The Hall–Kier alpha value is -2.30. The van der Waals surface area contributed by atoms with Crippen LogP contribution in [0.4, 0.5) is 0 Å². The maximum atomic E-state index is 10.7. The Morgan fingerprint density at radius 3 is 2.78 bits per heavy atom. The number of nitrogens with two attached hydrogens (primary N) is 1. The van der Waals surface area contributed by atoms with Crippen molar-refractivity contribution in [3.8, 4) is 16.9 Å². The van der Waals surface area contributed by atoms with Crippen molar-refractivity contribution in [1.29, 1.82) is 0 Å². The van der Waals surface area contributed by atoms with Crippen molar-refractivity contribution in [2.24, 2.45) is 12.8 Å². The van der Waals surface area contributed by atoms with Crippen molar-refractivity contribution in [2.75, 3.05) is 6.61 Å². The van der Waals surface area contributed by atoms with Gasteiger partial charge < -0.3 is 10.5 Å². The summed E-state index contributed by atoms with van der Waals surface area (Å²) in [6.45, 7) is 1.82. The largest absolute Gasteiger partial charge is 0.484 e. The summed E-state index contributed by atoms with van der Waals surface area (Å²) in [4.78, 5) is 10.7. The summed E-state index contributed by atoms with van der Waals surface area (Å²) in [7, 11) is 1.88. The first-order chi connectivity index (χ1) is 8.56. The van der Waals surface area contributed by atoms with Crippen molar-refractivity contribution < 1.29 is 9.53 Å². The van der Waals surface area contributed by atoms with Crippen LogP contribution in [0.3, 0.4) is 0 Å². The van der Waals surface area contributed by atoms with Crippen molar-refractivity contribution in [1.82, 2.24) is 9.78 Å². The lowest BCUT2D eigenvalue weighted by molar-refractivity contribution is -0.119. The fraction of sp³-hybridized carbons (Fsp3) is 0.231. The van der Waals surface area contributed by atoms with Crippen LogP contribution < -0.4 is 10.5 Å². The van der Waals surface area contributed by atoms with E-state index in [0.29, 0.717) is 5.75 Å². The molecular formula is C13H15N3O2. The van der Waals surface area contributed by atoms with E-state index >= 15 is 0 Å². The number of ether oxygens (including phenoxy) is 1. The Balaban J connectivity index is 2.22. The quantitative estimate of drug-likeness (QED) is 0.881. The smallest absolute Gasteiger partial charge is 0.255 e. The van der Waals surface area contributed by atoms with Crippen LogP contribution in [0.5, 0.6) is 5.75 Å². The number of hydrogen-bond acceptors (Lipinski definition) is 3. The molecule has 5 heteroatoms. The zero-order chi connectivity index (χ0) is 13.1. The topological polar surface area (TPSA) is 70.1 Å². The molecule has 18 heavy (non-hydrogen) atoms. The van der Waals surface area contributed by atoms with Gasteiger partial charge in [0.1, 0.15) is 5.75 Å². The molecule has 0 aliphatic heterocycles. The summed E-state index contributed by atoms with van der Waals surface area (Å²) >= 11 is 0. The molecule has 1 aromatic carbocycles. The summed E-state index contributed by atoms with van der Waals surface area (Å²) in [5.74, 6) is 0.187. The van der Waals surface area contributed by atoms with E-state index in [-0.39, 0.29) is 6.61 Å². The molecule has 0 bridgehead atoms. The third kappa shape index (κ3) is 2.68. The molecule has 0 spiro atoms. The number of amides is 1. The van der Waals surface area contributed by atoms with Gasteiger partial charge in [-0.05, 0) is 30.2 Å². The molecule has 2 aromatic rings. The minimum atomic E-state index is -0.481. The highest BCUT2D eigenvalue weighted by Crippen LogP contribution is 2.25. The van der Waals surface area contributed by atoms with Gasteiger partial charge in [-0.25, -0.2) is 0 Å². The highest BCUT2D eigenvalue weighted by Gasteiger charge is 2.05. The van der Waals surface area contributed by atoms with Gasteiger partial charge in [-0.15, -0.1) is 0 Å². The van der Waals surface area contributed by atoms with Gasteiger partial charge in [0.05, 0.1) is 6.20 Å². The number of benzene rings is 1. The normalized spacial score (nSPS) is 10.3. The van der Waals surface area contributed by atoms with Gasteiger partial charge in [-0.1, -0.05) is 6.07 Å². The van der Waals surface area contributed by atoms with E-state index in [2.05, 4.69) is 5.10 Å². The van der Waals surface area contributed by atoms with E-state index in [0.717, 1.165) is 16.7 Å². The first-order valence-corrected chi connectivity index (χ1v) is 5.57. The molecule has 1 amide bonds. The molecule has 0 radical (unpaired) electrons. The first kappa shape index (κ1) is 12.2. The Labute approximate surface area is 105 Å². The average Bonchev–Trinajstić information content (AvgIpc) is 2.74. The van der Waals surface area contributed by atoms with Gasteiger partial charge in [0.25, 0.3) is 5.91 Å². The Morgan fingerprint density at radius 1 is 1.44 bits per heavy atom. The first-order valence-electron chi connectivity index (χ1n) is 5.57. The third-order valence-corrected chi connectivity index (χ3v) is 2.58. The van der Waals surface area contributed by atoms with Crippen LogP contribution in [0.2, 0.25) is 0 Å². The zero-order valence-corrected chi connectivity index (χ0v) is 10.4. The second-order valence-electron chi connectivity index (χ2n) is 4.14. The fourth-order valence-electron chi connectivity index (χ4n) is 1.71. The summed E-state index contributed by atoms with van der Waals surface area (Å²) in [6.07, 6.45) is 3.75. The Morgan fingerprint density at radius 2 is 2.22 bits per heavy atom. The molecule has 0 aliphatic carbocycles. The second-order valence-corrected chi connectivity index (χ2v) is 4.14. The standard InChI is InChI=1S/C13H15N3O2/c1-9-5-10(11-6-15-16(2)7-11)3-4-12(9)18-8-13(14)17/h3-7H,8H2,1-2H3,(H2,14,17). The predicted octanol–water partition coefficient (Wildman–Crippen LogP) is 1.26. The van der Waals surface area contributed by atoms with Gasteiger partial charge in [0.2, 0.25) is 0 Å². The number of carbonyl (C=O) groups is 1. The molecule has 2 rings (SSSR count). The number of aromatic nitrogens is 2. The van der Waals surface area contributed by atoms with Gasteiger partial charge >= 0.3 is 0 Å². The van der Waals surface area contributed by atoms with E-state index in [1.807, 2.05) is 38.4 Å². The molecule has 0 atom stereocenters. The van der Waals surface area contributed by atoms with Crippen LogP contribution in [0, 0.1) is 6.92 Å². The van der Waals surface area contributed by atoms with Crippen LogP contribution >= 0.6 is 0 Å². The van der Waals surface area contributed by atoms with Crippen LogP contribution in [-0.4, -0.2) is 22.3 Å². The number of rotatable bonds is 4. The molecule has 0 saturated heterocycles. The van der Waals surface area contributed by atoms with Gasteiger partial charge in [-0.3, -0.25) is 9.48 Å². The van der Waals surface area contributed by atoms with Crippen molar-refractivity contribution in [3.63, 3.8) is 0 Å². The van der Waals surface area contributed by atoms with Crippen LogP contribution in [0.1, 0.15) is 5.56 Å². The number of hydrogen-bond donors (Lipinski definition) is 1. The lowest BCUT2D eigenvalue weighted by Gasteiger charge is -2.08. The molecule has 0 aliphatic rings. The minimum Gasteiger partial charge on any atom is -0.484 e. The highest BCUT2D eigenvalue weighted by molar-refractivity contribution is 5.75. The summed E-state index contributed by atoms with van der Waals surface area (Å²) in [6, 6.07) is 5.76. The van der Waals surface area contributed by atoms with E-state index in [1.54, 1.807) is 10.9 Å². The molecule has 0 fully saturated rings. The van der Waals surface area contributed by atoms with Crippen molar-refractivity contribution >= 4 is 5.91 Å². The molecule has 0 saturated carbocycles. The third-order valence-electron chi connectivity index (χ3n) is 2.58. The fourth-order valence-corrected chi connectivity index (χ4v) is 1.71. The van der Waals surface area contributed by atoms with Gasteiger partial charge in [-0.2, -0.15) is 5.10 Å². The molecule has 94 valence electrons. The number of carbonyl (C=O) groups excluding carboxylic acids is 1. The second kappa shape index (κ2) is 4.91. The summed E-state index contributed by atoms with van der Waals surface area (Å²) < 4.78 is 7.05. The Kier molecular flexibility index (Phi) is 3.32. The van der Waals surface area contributed by atoms with E-state index in [4.69, 9.17) is 10.5 Å². The predicted molar refractivity (Wildman–Crippen MR) is 68.1 cm³/mol. The summed E-state index contributed by atoms with van der Waals surface area (Å²) in [5, 5.41) is 4.13. The van der Waals surface area contributed by atoms with Crippen molar-refractivity contribution in [3.05, 3.63) is 36.2 Å². The van der Waals surface area contributed by atoms with Crippen LogP contribution in [0.15, 0.2) is 30.6 Å². The highest BCUT2D eigenvalue weighted by atomic mass is 16.5. The number of aryl methyl sites for hydroxylation is 2. The molecule has 0 unspecified atom stereocenters. The van der Waals surface area contributed by atoms with E-state index < -0.39 is 5.91 Å². The SMILES string of the molecule is Cc1cc(-c2cnn(C)c2)ccc1OCC(N)=O. The molecular weight excluding hydrogens is 230 g/mol. The van der Waals surface area contributed by atoms with Gasteiger partial charge in [0.15, 0.2) is 6.61 Å². The molecule has 1 heterocycles. The van der Waals surface area contributed by atoms with Crippen LogP contribution in [0.25, 0.3) is 11.1 Å². The van der Waals surface area contributed by atoms with Crippen molar-refractivity contribution in [2.45, 2.75) is 6.92 Å². The summed E-state index contributed by atoms with van der Waals surface area (Å²) in [5.41, 5.74) is 8.10. The minimum absolute atomic E-state index is 0.104. The number of primary amides is 1. The van der Waals surface area contributed by atoms with Crippen LogP contribution in [-0.2, 0) is 11.8 Å². The van der Waals surface area contributed by atoms with Gasteiger partial charge in [0, 0.05) is 18.8 Å².